The first-order chi connectivity index (χ1) is 9.81. The zero-order chi connectivity index (χ0) is 14.4. The van der Waals surface area contributed by atoms with Crippen molar-refractivity contribution in [2.24, 2.45) is 11.8 Å². The number of nitrogens with one attached hydrogen (secondary N) is 1. The Labute approximate surface area is 120 Å². The topological polar surface area (TPSA) is 69.4 Å². The first-order valence-electron chi connectivity index (χ1n) is 7.29. The molecule has 1 saturated carbocycles. The minimum absolute atomic E-state index is 0.0177. The van der Waals surface area contributed by atoms with Gasteiger partial charge in [0.15, 0.2) is 0 Å². The third-order valence-corrected chi connectivity index (χ3v) is 4.21. The highest BCUT2D eigenvalue weighted by Crippen LogP contribution is 2.35. The molecule has 5 heteroatoms. The Hall–Kier alpha value is -1.17. The molecule has 0 saturated heterocycles. The highest BCUT2D eigenvalue weighted by molar-refractivity contribution is 5.30. The van der Waals surface area contributed by atoms with Crippen LogP contribution in [0.1, 0.15) is 43.8 Å². The maximum Gasteiger partial charge on any atom is 0.142 e. The van der Waals surface area contributed by atoms with Gasteiger partial charge >= 0.3 is 0 Å². The van der Waals surface area contributed by atoms with E-state index in [1.54, 1.807) is 20.4 Å². The van der Waals surface area contributed by atoms with Crippen LogP contribution in [0.15, 0.2) is 18.3 Å². The second-order valence-corrected chi connectivity index (χ2v) is 5.33. The Kier molecular flexibility index (Phi) is 5.76. The van der Waals surface area contributed by atoms with E-state index in [0.717, 1.165) is 11.4 Å². The van der Waals surface area contributed by atoms with E-state index in [0.29, 0.717) is 5.92 Å². The van der Waals surface area contributed by atoms with E-state index < -0.39 is 0 Å². The molecule has 1 aromatic rings. The number of nitrogens with zero attached hydrogens (tertiary/aromatic N) is 1. The first-order valence-corrected chi connectivity index (χ1v) is 7.29. The van der Waals surface area contributed by atoms with Gasteiger partial charge < -0.3 is 9.47 Å². The summed E-state index contributed by atoms with van der Waals surface area (Å²) in [4.78, 5) is 4.44. The standard InChI is InChI=1S/C15H25N3O2/c1-19-12-9-6-10-17-13(12)14(18-16)15(20-2)11-7-4-3-5-8-11/h6,9-11,14-15,18H,3-5,7-8,16H2,1-2H3. The average molecular weight is 279 g/mol. The van der Waals surface area contributed by atoms with Crippen molar-refractivity contribution in [1.82, 2.24) is 10.4 Å². The van der Waals surface area contributed by atoms with Gasteiger partial charge in [-0.15, -0.1) is 0 Å². The summed E-state index contributed by atoms with van der Waals surface area (Å²) >= 11 is 0. The predicted octanol–water partition coefficient (Wildman–Crippen LogP) is 2.19. The van der Waals surface area contributed by atoms with Crippen LogP contribution in [-0.2, 0) is 4.74 Å². The third kappa shape index (κ3) is 3.29. The largest absolute Gasteiger partial charge is 0.495 e. The van der Waals surface area contributed by atoms with Crippen molar-refractivity contribution in [3.63, 3.8) is 0 Å². The molecule has 5 nitrogen and oxygen atoms in total. The molecule has 1 aliphatic carbocycles. The summed E-state index contributed by atoms with van der Waals surface area (Å²) < 4.78 is 11.2. The van der Waals surface area contributed by atoms with E-state index in [1.165, 1.54) is 32.1 Å². The Morgan fingerprint density at radius 2 is 2.05 bits per heavy atom. The molecule has 0 aliphatic heterocycles. The van der Waals surface area contributed by atoms with Crippen molar-refractivity contribution in [2.75, 3.05) is 14.2 Å². The summed E-state index contributed by atoms with van der Waals surface area (Å²) in [5.74, 6) is 7.05. The number of hydrazine groups is 1. The minimum Gasteiger partial charge on any atom is -0.495 e. The summed E-state index contributed by atoms with van der Waals surface area (Å²) in [6, 6.07) is 3.61. The van der Waals surface area contributed by atoms with Crippen molar-refractivity contribution in [3.8, 4) is 5.75 Å². The number of rotatable bonds is 6. The average Bonchev–Trinajstić information content (AvgIpc) is 2.53. The molecule has 0 amide bonds. The number of aromatic nitrogens is 1. The molecule has 2 unspecified atom stereocenters. The number of hydrogen-bond acceptors (Lipinski definition) is 5. The second-order valence-electron chi connectivity index (χ2n) is 5.33. The molecular formula is C15H25N3O2. The normalized spacial score (nSPS) is 19.6. The number of pyridine rings is 1. The van der Waals surface area contributed by atoms with E-state index in [-0.39, 0.29) is 12.1 Å². The van der Waals surface area contributed by atoms with Crippen LogP contribution in [0, 0.1) is 5.92 Å². The Balaban J connectivity index is 2.23. The van der Waals surface area contributed by atoms with Gasteiger partial charge in [0.25, 0.3) is 0 Å². The first kappa shape index (κ1) is 15.2. The molecule has 0 spiro atoms. The number of ether oxygens (including phenoxy) is 2. The van der Waals surface area contributed by atoms with Crippen LogP contribution in [-0.4, -0.2) is 25.3 Å². The van der Waals surface area contributed by atoms with Crippen LogP contribution in [0.2, 0.25) is 0 Å². The molecule has 2 atom stereocenters. The van der Waals surface area contributed by atoms with E-state index in [4.69, 9.17) is 15.3 Å². The Morgan fingerprint density at radius 1 is 1.30 bits per heavy atom. The molecule has 2 rings (SSSR count). The van der Waals surface area contributed by atoms with Gasteiger partial charge in [-0.1, -0.05) is 19.3 Å². The Morgan fingerprint density at radius 3 is 2.65 bits per heavy atom. The molecule has 0 radical (unpaired) electrons. The molecule has 0 aromatic carbocycles. The fraction of sp³-hybridized carbons (Fsp3) is 0.667. The lowest BCUT2D eigenvalue weighted by molar-refractivity contribution is 0.00586. The molecule has 0 bridgehead atoms. The van der Waals surface area contributed by atoms with Gasteiger partial charge in [0.05, 0.1) is 19.3 Å². The monoisotopic (exact) mass is 279 g/mol. The lowest BCUT2D eigenvalue weighted by atomic mass is 9.81. The zero-order valence-corrected chi connectivity index (χ0v) is 12.3. The molecule has 1 aliphatic rings. The fourth-order valence-electron chi connectivity index (χ4n) is 3.20. The van der Waals surface area contributed by atoms with Crippen molar-refractivity contribution in [2.45, 2.75) is 44.2 Å². The number of nitrogens with two attached hydrogens (primary N) is 1. The second kappa shape index (κ2) is 7.57. The summed E-state index contributed by atoms with van der Waals surface area (Å²) in [5.41, 5.74) is 3.69. The predicted molar refractivity (Wildman–Crippen MR) is 78.2 cm³/mol. The van der Waals surface area contributed by atoms with Crippen molar-refractivity contribution < 1.29 is 9.47 Å². The van der Waals surface area contributed by atoms with Gasteiger partial charge in [-0.25, -0.2) is 5.43 Å². The fourth-order valence-corrected chi connectivity index (χ4v) is 3.20. The smallest absolute Gasteiger partial charge is 0.142 e. The van der Waals surface area contributed by atoms with Crippen molar-refractivity contribution in [3.05, 3.63) is 24.0 Å². The molecule has 1 aromatic heterocycles. The third-order valence-electron chi connectivity index (χ3n) is 4.21. The van der Waals surface area contributed by atoms with Crippen LogP contribution in [0.25, 0.3) is 0 Å². The van der Waals surface area contributed by atoms with Gasteiger partial charge in [0.1, 0.15) is 11.4 Å². The van der Waals surface area contributed by atoms with Gasteiger partial charge in [0.2, 0.25) is 0 Å². The van der Waals surface area contributed by atoms with Gasteiger partial charge in [0, 0.05) is 13.3 Å². The van der Waals surface area contributed by atoms with Crippen LogP contribution in [0.5, 0.6) is 5.75 Å². The van der Waals surface area contributed by atoms with Crippen LogP contribution in [0.3, 0.4) is 0 Å². The van der Waals surface area contributed by atoms with Gasteiger partial charge in [-0.2, -0.15) is 0 Å². The molecule has 20 heavy (non-hydrogen) atoms. The molecule has 1 heterocycles. The molecule has 1 fully saturated rings. The molecule has 3 N–H and O–H groups in total. The van der Waals surface area contributed by atoms with E-state index in [9.17, 15) is 0 Å². The highest BCUT2D eigenvalue weighted by atomic mass is 16.5. The van der Waals surface area contributed by atoms with Crippen LogP contribution >= 0.6 is 0 Å². The van der Waals surface area contributed by atoms with E-state index in [1.807, 2.05) is 12.1 Å². The molecule has 112 valence electrons. The summed E-state index contributed by atoms with van der Waals surface area (Å²) in [7, 11) is 3.40. The van der Waals surface area contributed by atoms with Gasteiger partial charge in [-0.05, 0) is 30.9 Å². The summed E-state index contributed by atoms with van der Waals surface area (Å²) in [5, 5.41) is 0. The SMILES string of the molecule is COc1cccnc1C(NN)C(OC)C1CCCCC1. The van der Waals surface area contributed by atoms with Crippen molar-refractivity contribution >= 4 is 0 Å². The van der Waals surface area contributed by atoms with Crippen LogP contribution < -0.4 is 16.0 Å². The van der Waals surface area contributed by atoms with Crippen molar-refractivity contribution in [1.29, 1.82) is 0 Å². The molecular weight excluding hydrogens is 254 g/mol. The van der Waals surface area contributed by atoms with E-state index >= 15 is 0 Å². The van der Waals surface area contributed by atoms with E-state index in [2.05, 4.69) is 10.4 Å². The summed E-state index contributed by atoms with van der Waals surface area (Å²) in [6.45, 7) is 0. The van der Waals surface area contributed by atoms with Crippen LogP contribution in [0.4, 0.5) is 0 Å². The lowest BCUT2D eigenvalue weighted by Crippen LogP contribution is -2.42. The zero-order valence-electron chi connectivity index (χ0n) is 12.3. The maximum absolute atomic E-state index is 5.79. The Bertz CT molecular complexity index is 408. The number of methoxy groups -OCH3 is 2. The maximum atomic E-state index is 5.79. The quantitative estimate of drug-likeness (QED) is 0.617. The highest BCUT2D eigenvalue weighted by Gasteiger charge is 2.33. The minimum atomic E-state index is -0.153. The lowest BCUT2D eigenvalue weighted by Gasteiger charge is -2.34. The summed E-state index contributed by atoms with van der Waals surface area (Å²) in [6.07, 6.45) is 8.00. The number of hydrogen-bond donors (Lipinski definition) is 2. The van der Waals surface area contributed by atoms with Gasteiger partial charge in [-0.3, -0.25) is 10.8 Å².